The fourth-order valence-corrected chi connectivity index (χ4v) is 3.54. The van der Waals surface area contributed by atoms with Crippen molar-refractivity contribution in [3.63, 3.8) is 0 Å². The molecule has 3 N–H and O–H groups in total. The standard InChI is InChI=1S/C15H20N2/c1-9-11-5-3-7-13(11)15(17-10(2)16)14-8-4-6-12(9)14/h17H,2-8,16H2,1H3. The van der Waals surface area contributed by atoms with Crippen LogP contribution in [0.15, 0.2) is 12.4 Å². The Morgan fingerprint density at radius 3 is 1.94 bits per heavy atom. The van der Waals surface area contributed by atoms with Crippen LogP contribution in [0.2, 0.25) is 0 Å². The molecule has 2 aliphatic rings. The van der Waals surface area contributed by atoms with Gasteiger partial charge in [0.2, 0.25) is 0 Å². The van der Waals surface area contributed by atoms with Gasteiger partial charge in [0.15, 0.2) is 0 Å². The number of anilines is 1. The van der Waals surface area contributed by atoms with Gasteiger partial charge in [0.25, 0.3) is 0 Å². The highest BCUT2D eigenvalue weighted by Crippen LogP contribution is 2.41. The average molecular weight is 228 g/mol. The maximum atomic E-state index is 5.75. The molecule has 17 heavy (non-hydrogen) atoms. The molecule has 0 fully saturated rings. The minimum Gasteiger partial charge on any atom is -0.386 e. The van der Waals surface area contributed by atoms with Crippen LogP contribution in [0.5, 0.6) is 0 Å². The zero-order valence-electron chi connectivity index (χ0n) is 10.5. The summed E-state index contributed by atoms with van der Waals surface area (Å²) < 4.78 is 0. The number of fused-ring (bicyclic) bond motifs is 2. The van der Waals surface area contributed by atoms with Crippen molar-refractivity contribution in [2.45, 2.75) is 45.4 Å². The zero-order chi connectivity index (χ0) is 12.0. The van der Waals surface area contributed by atoms with Crippen LogP contribution in [0.25, 0.3) is 0 Å². The molecule has 1 aromatic carbocycles. The molecule has 0 spiro atoms. The summed E-state index contributed by atoms with van der Waals surface area (Å²) in [5.74, 6) is 0.567. The lowest BCUT2D eigenvalue weighted by atomic mass is 9.93. The van der Waals surface area contributed by atoms with Gasteiger partial charge < -0.3 is 11.1 Å². The summed E-state index contributed by atoms with van der Waals surface area (Å²) in [7, 11) is 0. The van der Waals surface area contributed by atoms with E-state index in [9.17, 15) is 0 Å². The van der Waals surface area contributed by atoms with Crippen molar-refractivity contribution in [2.75, 3.05) is 5.32 Å². The monoisotopic (exact) mass is 228 g/mol. The summed E-state index contributed by atoms with van der Waals surface area (Å²) in [6.45, 7) is 6.09. The molecule has 2 heteroatoms. The van der Waals surface area contributed by atoms with Crippen LogP contribution < -0.4 is 11.1 Å². The fraction of sp³-hybridized carbons (Fsp3) is 0.467. The Morgan fingerprint density at radius 2 is 1.47 bits per heavy atom. The zero-order valence-corrected chi connectivity index (χ0v) is 10.5. The Labute approximate surface area is 103 Å². The molecule has 0 aromatic heterocycles. The summed E-state index contributed by atoms with van der Waals surface area (Å²) >= 11 is 0. The van der Waals surface area contributed by atoms with E-state index in [1.54, 1.807) is 16.7 Å². The highest BCUT2D eigenvalue weighted by molar-refractivity contribution is 5.69. The molecule has 0 aliphatic heterocycles. The van der Waals surface area contributed by atoms with E-state index in [2.05, 4.69) is 18.8 Å². The first kappa shape index (κ1) is 10.7. The van der Waals surface area contributed by atoms with Gasteiger partial charge in [0.1, 0.15) is 0 Å². The van der Waals surface area contributed by atoms with E-state index in [1.807, 2.05) is 0 Å². The smallest absolute Gasteiger partial charge is 0.0930 e. The first-order chi connectivity index (χ1) is 8.18. The molecule has 0 amide bonds. The quantitative estimate of drug-likeness (QED) is 0.817. The Kier molecular flexibility index (Phi) is 2.39. The molecule has 0 saturated heterocycles. The van der Waals surface area contributed by atoms with Gasteiger partial charge in [0.05, 0.1) is 5.82 Å². The number of hydrogen-bond acceptors (Lipinski definition) is 2. The van der Waals surface area contributed by atoms with E-state index >= 15 is 0 Å². The average Bonchev–Trinajstić information content (AvgIpc) is 2.92. The van der Waals surface area contributed by atoms with Gasteiger partial charge in [-0.15, -0.1) is 0 Å². The van der Waals surface area contributed by atoms with E-state index in [1.165, 1.54) is 55.3 Å². The van der Waals surface area contributed by atoms with Crippen LogP contribution >= 0.6 is 0 Å². The molecule has 2 nitrogen and oxygen atoms in total. The third-order valence-electron chi connectivity index (χ3n) is 4.23. The molecule has 0 atom stereocenters. The second kappa shape index (κ2) is 3.80. The largest absolute Gasteiger partial charge is 0.386 e. The lowest BCUT2D eigenvalue weighted by Gasteiger charge is -2.19. The Morgan fingerprint density at radius 1 is 1.00 bits per heavy atom. The van der Waals surface area contributed by atoms with Gasteiger partial charge in [-0.3, -0.25) is 0 Å². The maximum absolute atomic E-state index is 5.75. The minimum atomic E-state index is 0.567. The predicted molar refractivity (Wildman–Crippen MR) is 72.2 cm³/mol. The molecule has 2 aliphatic carbocycles. The molecular formula is C15H20N2. The van der Waals surface area contributed by atoms with Crippen molar-refractivity contribution in [1.82, 2.24) is 0 Å². The van der Waals surface area contributed by atoms with Crippen molar-refractivity contribution in [1.29, 1.82) is 0 Å². The van der Waals surface area contributed by atoms with Gasteiger partial charge in [-0.05, 0) is 73.3 Å². The third kappa shape index (κ3) is 1.54. The SMILES string of the molecule is C=C(N)Nc1c2c(c(C)c3c1CCC3)CCC2. The predicted octanol–water partition coefficient (Wildman–Crippen LogP) is 2.81. The summed E-state index contributed by atoms with van der Waals surface area (Å²) in [6, 6.07) is 0. The van der Waals surface area contributed by atoms with E-state index in [4.69, 9.17) is 5.73 Å². The van der Waals surface area contributed by atoms with Crippen LogP contribution in [-0.4, -0.2) is 0 Å². The van der Waals surface area contributed by atoms with E-state index in [0.29, 0.717) is 5.82 Å². The summed E-state index contributed by atoms with van der Waals surface area (Å²) in [4.78, 5) is 0. The van der Waals surface area contributed by atoms with Gasteiger partial charge in [-0.1, -0.05) is 6.58 Å². The summed E-state index contributed by atoms with van der Waals surface area (Å²) in [6.07, 6.45) is 7.42. The van der Waals surface area contributed by atoms with E-state index in [0.717, 1.165) is 0 Å². The number of hydrogen-bond donors (Lipinski definition) is 2. The van der Waals surface area contributed by atoms with Crippen LogP contribution in [0.3, 0.4) is 0 Å². The van der Waals surface area contributed by atoms with E-state index in [-0.39, 0.29) is 0 Å². The molecule has 90 valence electrons. The Hall–Kier alpha value is -1.44. The number of nitrogens with two attached hydrogens (primary N) is 1. The molecule has 0 unspecified atom stereocenters. The molecule has 0 radical (unpaired) electrons. The molecule has 0 bridgehead atoms. The number of rotatable bonds is 2. The van der Waals surface area contributed by atoms with Crippen molar-refractivity contribution >= 4 is 5.69 Å². The molecular weight excluding hydrogens is 208 g/mol. The normalized spacial score (nSPS) is 16.8. The van der Waals surface area contributed by atoms with Crippen molar-refractivity contribution in [2.24, 2.45) is 5.73 Å². The van der Waals surface area contributed by atoms with Gasteiger partial charge >= 0.3 is 0 Å². The van der Waals surface area contributed by atoms with Crippen LogP contribution in [0.4, 0.5) is 5.69 Å². The maximum Gasteiger partial charge on any atom is 0.0930 e. The Balaban J connectivity index is 2.22. The van der Waals surface area contributed by atoms with Crippen molar-refractivity contribution < 1.29 is 0 Å². The first-order valence-corrected chi connectivity index (χ1v) is 6.56. The lowest BCUT2D eigenvalue weighted by Crippen LogP contribution is -2.12. The van der Waals surface area contributed by atoms with Crippen LogP contribution in [-0.2, 0) is 25.7 Å². The van der Waals surface area contributed by atoms with Crippen molar-refractivity contribution in [3.8, 4) is 0 Å². The second-order valence-electron chi connectivity index (χ2n) is 5.27. The van der Waals surface area contributed by atoms with Crippen molar-refractivity contribution in [3.05, 3.63) is 40.2 Å². The first-order valence-electron chi connectivity index (χ1n) is 6.56. The summed E-state index contributed by atoms with van der Waals surface area (Å²) in [5, 5.41) is 3.32. The van der Waals surface area contributed by atoms with Gasteiger partial charge in [0, 0.05) is 5.69 Å². The van der Waals surface area contributed by atoms with E-state index < -0.39 is 0 Å². The molecule has 1 aromatic rings. The minimum absolute atomic E-state index is 0.567. The van der Waals surface area contributed by atoms with Gasteiger partial charge in [-0.25, -0.2) is 0 Å². The lowest BCUT2D eigenvalue weighted by molar-refractivity contribution is 0.893. The highest BCUT2D eigenvalue weighted by atomic mass is 15.0. The highest BCUT2D eigenvalue weighted by Gasteiger charge is 2.26. The summed E-state index contributed by atoms with van der Waals surface area (Å²) in [5.41, 5.74) is 14.8. The van der Waals surface area contributed by atoms with Crippen LogP contribution in [0, 0.1) is 6.92 Å². The third-order valence-corrected chi connectivity index (χ3v) is 4.23. The Bertz CT molecular complexity index is 465. The molecule has 0 heterocycles. The second-order valence-corrected chi connectivity index (χ2v) is 5.27. The number of benzene rings is 1. The topological polar surface area (TPSA) is 38.0 Å². The molecule has 3 rings (SSSR count). The van der Waals surface area contributed by atoms with Gasteiger partial charge in [-0.2, -0.15) is 0 Å². The fourth-order valence-electron chi connectivity index (χ4n) is 3.54. The molecule has 0 saturated carbocycles. The van der Waals surface area contributed by atoms with Crippen LogP contribution in [0.1, 0.15) is 40.7 Å². The number of nitrogens with one attached hydrogen (secondary N) is 1.